The van der Waals surface area contributed by atoms with Crippen molar-refractivity contribution in [2.24, 2.45) is 5.92 Å². The molecule has 1 aromatic heterocycles. The average Bonchev–Trinajstić information content (AvgIpc) is 3.32. The van der Waals surface area contributed by atoms with Crippen LogP contribution in [-0.4, -0.2) is 28.5 Å². The van der Waals surface area contributed by atoms with Crippen molar-refractivity contribution < 1.29 is 23.5 Å². The van der Waals surface area contributed by atoms with Crippen molar-refractivity contribution in [2.45, 2.75) is 66.3 Å². The van der Waals surface area contributed by atoms with Crippen LogP contribution < -0.4 is 10.6 Å². The third kappa shape index (κ3) is 11.3. The molecular weight excluding hydrogens is 544 g/mol. The third-order valence-corrected chi connectivity index (χ3v) is 7.23. The maximum Gasteiger partial charge on any atom is 0.326 e. The number of carboxylic acids is 1. The number of aryl methyl sites for hydroxylation is 3. The molecule has 1 unspecified atom stereocenters. The maximum atomic E-state index is 13.7. The fourth-order valence-electron chi connectivity index (χ4n) is 3.81. The van der Waals surface area contributed by atoms with Gasteiger partial charge in [0.15, 0.2) is 5.13 Å². The summed E-state index contributed by atoms with van der Waals surface area (Å²) in [7, 11) is 0. The number of aliphatic carboxylic acids is 1. The molecule has 5 rings (SSSR count). The first-order valence-corrected chi connectivity index (χ1v) is 14.5. The summed E-state index contributed by atoms with van der Waals surface area (Å²) >= 11 is 1.29. The molecule has 0 bridgehead atoms. The molecule has 220 valence electrons. The molecule has 1 aliphatic rings. The Morgan fingerprint density at radius 2 is 1.61 bits per heavy atom. The number of carbonyl (C=O) groups is 2. The molecule has 1 amide bonds. The average molecular weight is 584 g/mol. The second-order valence-corrected chi connectivity index (χ2v) is 10.6. The number of hydrogen-bond donors (Lipinski definition) is 3. The first kappa shape index (κ1) is 33.4. The monoisotopic (exact) mass is 583 g/mol. The molecule has 0 saturated heterocycles. The van der Waals surface area contributed by atoms with Gasteiger partial charge in [0.1, 0.15) is 17.7 Å². The summed E-state index contributed by atoms with van der Waals surface area (Å²) in [6, 6.07) is 17.1. The zero-order valence-corrected chi connectivity index (χ0v) is 25.0. The second kappa shape index (κ2) is 17.1. The number of nitrogens with one attached hydrogen (secondary N) is 2. The fourth-order valence-corrected chi connectivity index (χ4v) is 4.71. The molecule has 1 saturated carbocycles. The number of carboxylic acid groups (broad SMARTS) is 1. The highest BCUT2D eigenvalue weighted by molar-refractivity contribution is 7.22. The molecule has 3 N–H and O–H groups in total. The van der Waals surface area contributed by atoms with Gasteiger partial charge in [0.05, 0.1) is 15.9 Å². The number of anilines is 2. The molecule has 4 aromatic rings. The molecule has 3 aromatic carbocycles. The highest BCUT2D eigenvalue weighted by Crippen LogP contribution is 2.31. The van der Waals surface area contributed by atoms with Crippen LogP contribution in [0.15, 0.2) is 60.7 Å². The molecule has 1 aliphatic carbocycles. The number of aromatic nitrogens is 1. The third-order valence-electron chi connectivity index (χ3n) is 6.30. The lowest BCUT2D eigenvalue weighted by atomic mass is 9.81. The van der Waals surface area contributed by atoms with Crippen LogP contribution in [0.25, 0.3) is 10.2 Å². The summed E-state index contributed by atoms with van der Waals surface area (Å²) in [6.07, 6.45) is 4.43. The first-order valence-electron chi connectivity index (χ1n) is 13.7. The van der Waals surface area contributed by atoms with E-state index in [0.717, 1.165) is 23.1 Å². The van der Waals surface area contributed by atoms with E-state index in [9.17, 15) is 18.4 Å². The Balaban J connectivity index is 0.000000229. The van der Waals surface area contributed by atoms with E-state index in [1.807, 2.05) is 26.8 Å². The zero-order valence-electron chi connectivity index (χ0n) is 24.2. The summed E-state index contributed by atoms with van der Waals surface area (Å²) in [6.45, 7) is 10.0. The lowest BCUT2D eigenvalue weighted by Gasteiger charge is -2.27. The van der Waals surface area contributed by atoms with E-state index in [0.29, 0.717) is 35.1 Å². The molecule has 1 atom stereocenters. The first-order chi connectivity index (χ1) is 19.6. The van der Waals surface area contributed by atoms with E-state index < -0.39 is 12.0 Å². The number of halogens is 2. The van der Waals surface area contributed by atoms with E-state index >= 15 is 0 Å². The van der Waals surface area contributed by atoms with Gasteiger partial charge in [0.2, 0.25) is 6.41 Å². The Hall–Kier alpha value is -3.85. The minimum absolute atomic E-state index is 0.302. The lowest BCUT2D eigenvalue weighted by Crippen LogP contribution is -2.38. The number of benzene rings is 3. The van der Waals surface area contributed by atoms with Gasteiger partial charge in [-0.2, -0.15) is 0 Å². The fraction of sp³-hybridized carbons (Fsp3) is 0.344. The minimum atomic E-state index is -0.936. The van der Waals surface area contributed by atoms with Crippen molar-refractivity contribution in [3.05, 3.63) is 89.0 Å². The predicted octanol–water partition coefficient (Wildman–Crippen LogP) is 8.33. The van der Waals surface area contributed by atoms with Crippen molar-refractivity contribution >= 4 is 44.8 Å². The van der Waals surface area contributed by atoms with Crippen LogP contribution in [0.2, 0.25) is 0 Å². The SMILES string of the molecule is CC.Cc1ccc(C)cc1.Cc1ccc(Nc2nc3ccc(F)cc3s2)c(F)c1.O=CNC(CC1CCC1)C(=O)O. The number of rotatable bonds is 7. The van der Waals surface area contributed by atoms with Gasteiger partial charge in [-0.3, -0.25) is 4.79 Å². The highest BCUT2D eigenvalue weighted by atomic mass is 32.1. The normalized spacial score (nSPS) is 12.7. The Morgan fingerprint density at radius 1 is 1.00 bits per heavy atom. The molecule has 9 heteroatoms. The number of carbonyl (C=O) groups excluding carboxylic acids is 1. The lowest BCUT2D eigenvalue weighted by molar-refractivity contribution is -0.141. The molecule has 0 aliphatic heterocycles. The van der Waals surface area contributed by atoms with E-state index in [2.05, 4.69) is 53.7 Å². The van der Waals surface area contributed by atoms with Gasteiger partial charge in [-0.05, 0) is 69.0 Å². The van der Waals surface area contributed by atoms with Gasteiger partial charge in [0, 0.05) is 0 Å². The minimum Gasteiger partial charge on any atom is -0.480 e. The van der Waals surface area contributed by atoms with Crippen LogP contribution in [0.1, 0.15) is 56.2 Å². The molecule has 41 heavy (non-hydrogen) atoms. The topological polar surface area (TPSA) is 91.3 Å². The van der Waals surface area contributed by atoms with Crippen molar-refractivity contribution in [3.63, 3.8) is 0 Å². The van der Waals surface area contributed by atoms with Gasteiger partial charge in [-0.15, -0.1) is 0 Å². The maximum absolute atomic E-state index is 13.7. The van der Waals surface area contributed by atoms with Crippen LogP contribution in [0.4, 0.5) is 19.6 Å². The number of thiazole rings is 1. The number of amides is 1. The molecule has 0 radical (unpaired) electrons. The van der Waals surface area contributed by atoms with Crippen molar-refractivity contribution in [1.29, 1.82) is 0 Å². The summed E-state index contributed by atoms with van der Waals surface area (Å²) < 4.78 is 27.5. The van der Waals surface area contributed by atoms with Gasteiger partial charge in [-0.25, -0.2) is 18.6 Å². The van der Waals surface area contributed by atoms with Crippen molar-refractivity contribution in [3.8, 4) is 0 Å². The van der Waals surface area contributed by atoms with E-state index in [-0.39, 0.29) is 11.6 Å². The van der Waals surface area contributed by atoms with Gasteiger partial charge in [-0.1, -0.05) is 85.9 Å². The highest BCUT2D eigenvalue weighted by Gasteiger charge is 2.25. The molecule has 1 fully saturated rings. The zero-order chi connectivity index (χ0) is 30.4. The predicted molar refractivity (Wildman–Crippen MR) is 164 cm³/mol. The summed E-state index contributed by atoms with van der Waals surface area (Å²) in [4.78, 5) is 24.9. The van der Waals surface area contributed by atoms with Crippen LogP contribution in [-0.2, 0) is 9.59 Å². The van der Waals surface area contributed by atoms with Crippen LogP contribution in [0.3, 0.4) is 0 Å². The van der Waals surface area contributed by atoms with Gasteiger partial charge >= 0.3 is 5.97 Å². The Morgan fingerprint density at radius 3 is 2.12 bits per heavy atom. The quantitative estimate of drug-likeness (QED) is 0.190. The number of nitrogens with zero attached hydrogens (tertiary/aromatic N) is 1. The van der Waals surface area contributed by atoms with Crippen molar-refractivity contribution in [1.82, 2.24) is 10.3 Å². The Kier molecular flexibility index (Phi) is 13.9. The van der Waals surface area contributed by atoms with Crippen molar-refractivity contribution in [2.75, 3.05) is 5.32 Å². The van der Waals surface area contributed by atoms with Crippen LogP contribution >= 0.6 is 11.3 Å². The molecule has 6 nitrogen and oxygen atoms in total. The summed E-state index contributed by atoms with van der Waals surface area (Å²) in [5.41, 5.74) is 4.58. The van der Waals surface area contributed by atoms with Gasteiger partial charge < -0.3 is 15.7 Å². The standard InChI is InChI=1S/C14H10F2N2S.C8H13NO3.C8H10.C2H6/c1-8-2-4-11(10(16)6-8)17-14-18-12-5-3-9(15)7-13(12)19-14;10-5-9-7(8(11)12)4-6-2-1-3-6;1-7-3-5-8(2)6-4-7;1-2/h2-7H,1H3,(H,17,18);5-7H,1-4H2,(H,9,10)(H,11,12);3-6H,1-2H3;1-2H3. The van der Waals surface area contributed by atoms with E-state index in [4.69, 9.17) is 5.11 Å². The molecule has 0 spiro atoms. The number of hydrogen-bond acceptors (Lipinski definition) is 5. The van der Waals surface area contributed by atoms with Crippen LogP contribution in [0.5, 0.6) is 0 Å². The Labute approximate surface area is 244 Å². The van der Waals surface area contributed by atoms with Crippen LogP contribution in [0, 0.1) is 38.3 Å². The largest absolute Gasteiger partial charge is 0.480 e. The Bertz CT molecular complexity index is 1370. The molecule has 1 heterocycles. The summed E-state index contributed by atoms with van der Waals surface area (Å²) in [5.74, 6) is -1.07. The van der Waals surface area contributed by atoms with Gasteiger partial charge in [0.25, 0.3) is 0 Å². The second-order valence-electron chi connectivity index (χ2n) is 9.60. The van der Waals surface area contributed by atoms with E-state index in [1.54, 1.807) is 12.1 Å². The number of fused-ring (bicyclic) bond motifs is 1. The van der Waals surface area contributed by atoms with E-state index in [1.165, 1.54) is 47.1 Å². The molecular formula is C32H39F2N3O3S. The summed E-state index contributed by atoms with van der Waals surface area (Å²) in [5, 5.41) is 14.4. The smallest absolute Gasteiger partial charge is 0.326 e.